The van der Waals surface area contributed by atoms with Crippen LogP contribution in [-0.4, -0.2) is 21.0 Å². The molecule has 0 amide bonds. The van der Waals surface area contributed by atoms with Gasteiger partial charge in [0, 0.05) is 43.6 Å². The molecule has 2 rings (SSSR count). The highest BCUT2D eigenvalue weighted by atomic mass is 127. The summed E-state index contributed by atoms with van der Waals surface area (Å²) in [5.41, 5.74) is 0.943. The summed E-state index contributed by atoms with van der Waals surface area (Å²) in [5.74, 6) is 0.870. The van der Waals surface area contributed by atoms with Crippen molar-refractivity contribution in [3.05, 3.63) is 18.6 Å². The largest absolute Gasteiger partial charge is 0.372 e. The zero-order chi connectivity index (χ0) is 11.3. The molecule has 0 aliphatic heterocycles. The van der Waals surface area contributed by atoms with E-state index in [1.807, 2.05) is 37.1 Å². The Kier molecular flexibility index (Phi) is 5.16. The van der Waals surface area contributed by atoms with E-state index in [4.69, 9.17) is 0 Å². The van der Waals surface area contributed by atoms with Crippen molar-refractivity contribution in [3.63, 3.8) is 0 Å². The lowest BCUT2D eigenvalue weighted by Crippen LogP contribution is -1.94. The summed E-state index contributed by atoms with van der Waals surface area (Å²) in [5, 5.41) is 4.08. The summed E-state index contributed by atoms with van der Waals surface area (Å²) in [6, 6.07) is 2.01. The van der Waals surface area contributed by atoms with Crippen molar-refractivity contribution in [2.75, 3.05) is 12.4 Å². The van der Waals surface area contributed by atoms with Crippen molar-refractivity contribution in [1.29, 1.82) is 0 Å². The predicted octanol–water partition coefficient (Wildman–Crippen LogP) is 3.35. The van der Waals surface area contributed by atoms with E-state index in [0.29, 0.717) is 0 Å². The van der Waals surface area contributed by atoms with Crippen LogP contribution in [0.4, 0.5) is 5.82 Å². The summed E-state index contributed by atoms with van der Waals surface area (Å²) in [4.78, 5) is 8.33. The number of hydrogen-bond donors (Lipinski definition) is 1. The van der Waals surface area contributed by atoms with Gasteiger partial charge in [-0.25, -0.2) is 9.97 Å². The molecule has 0 aromatic carbocycles. The Morgan fingerprint density at radius 1 is 1.40 bits per heavy atom. The molecule has 0 bridgehead atoms. The van der Waals surface area contributed by atoms with Crippen LogP contribution < -0.4 is 5.32 Å². The van der Waals surface area contributed by atoms with E-state index in [9.17, 15) is 0 Å². The normalized spacial score (nSPS) is 9.60. The maximum atomic E-state index is 4.21. The molecule has 2 aromatic rings. The lowest BCUT2D eigenvalue weighted by molar-refractivity contribution is 1.17. The average molecular weight is 336 g/mol. The van der Waals surface area contributed by atoms with E-state index in [2.05, 4.69) is 36.5 Å². The van der Waals surface area contributed by atoms with Gasteiger partial charge < -0.3 is 5.32 Å². The van der Waals surface area contributed by atoms with Gasteiger partial charge in [0.2, 0.25) is 0 Å². The minimum absolute atomic E-state index is 0.870. The Morgan fingerprint density at radius 3 is 2.73 bits per heavy atom. The molecule has 0 fully saturated rings. The standard InChI is InChI=1S/C7H7IN4S.C2H6/c1-9-6-5-2-3-12(13-8)7(5)11-4-10-6;1-2/h2-4H,1H3,(H,9,10,11);1-2H3. The lowest BCUT2D eigenvalue weighted by Gasteiger charge is -2.00. The number of halogens is 1. The van der Waals surface area contributed by atoms with Gasteiger partial charge >= 0.3 is 0 Å². The fourth-order valence-corrected chi connectivity index (χ4v) is 2.45. The third kappa shape index (κ3) is 2.54. The molecule has 15 heavy (non-hydrogen) atoms. The first-order valence-corrected chi connectivity index (χ1v) is 7.97. The van der Waals surface area contributed by atoms with E-state index < -0.39 is 0 Å². The van der Waals surface area contributed by atoms with Crippen LogP contribution in [0, 0.1) is 0 Å². The highest BCUT2D eigenvalue weighted by molar-refractivity contribution is 14.2. The molecular formula is C9H13IN4S. The molecule has 0 saturated heterocycles. The molecule has 82 valence electrons. The topological polar surface area (TPSA) is 42.7 Å². The SMILES string of the molecule is CC.CNc1ncnc2c1ccn2SI. The summed E-state index contributed by atoms with van der Waals surface area (Å²) in [6.45, 7) is 4.00. The monoisotopic (exact) mass is 336 g/mol. The number of rotatable bonds is 2. The van der Waals surface area contributed by atoms with Gasteiger partial charge in [0.25, 0.3) is 0 Å². The first kappa shape index (κ1) is 12.6. The molecule has 1 N–H and O–H groups in total. The second-order valence-electron chi connectivity index (χ2n) is 2.42. The van der Waals surface area contributed by atoms with Crippen LogP contribution in [0.25, 0.3) is 11.0 Å². The second-order valence-corrected chi connectivity index (χ2v) is 4.13. The van der Waals surface area contributed by atoms with E-state index >= 15 is 0 Å². The summed E-state index contributed by atoms with van der Waals surface area (Å²) < 4.78 is 2.00. The van der Waals surface area contributed by atoms with Gasteiger partial charge in [-0.1, -0.05) is 13.8 Å². The fraction of sp³-hybridized carbons (Fsp3) is 0.333. The Balaban J connectivity index is 0.000000531. The van der Waals surface area contributed by atoms with Crippen molar-refractivity contribution in [3.8, 4) is 0 Å². The quantitative estimate of drug-likeness (QED) is 0.854. The first-order valence-electron chi connectivity index (χ1n) is 4.65. The van der Waals surface area contributed by atoms with Gasteiger partial charge in [-0.3, -0.25) is 3.97 Å². The molecular weight excluding hydrogens is 323 g/mol. The third-order valence-corrected chi connectivity index (χ3v) is 3.48. The molecule has 0 unspecified atom stereocenters. The van der Waals surface area contributed by atoms with Gasteiger partial charge in [0.1, 0.15) is 12.1 Å². The number of anilines is 1. The number of hydrogen-bond acceptors (Lipinski definition) is 4. The van der Waals surface area contributed by atoms with Crippen molar-refractivity contribution in [2.24, 2.45) is 0 Å². The smallest absolute Gasteiger partial charge is 0.156 e. The summed E-state index contributed by atoms with van der Waals surface area (Å²) >= 11 is 2.22. The van der Waals surface area contributed by atoms with Crippen molar-refractivity contribution >= 4 is 47.2 Å². The van der Waals surface area contributed by atoms with E-state index in [0.717, 1.165) is 16.9 Å². The van der Waals surface area contributed by atoms with Crippen molar-refractivity contribution in [1.82, 2.24) is 13.9 Å². The van der Waals surface area contributed by atoms with Crippen LogP contribution in [0.2, 0.25) is 0 Å². The Bertz CT molecular complexity index is 429. The second kappa shape index (κ2) is 6.16. The van der Waals surface area contributed by atoms with Crippen molar-refractivity contribution < 1.29 is 0 Å². The first-order chi connectivity index (χ1) is 7.36. The predicted molar refractivity (Wildman–Crippen MR) is 75.4 cm³/mol. The molecule has 0 aliphatic rings. The number of aromatic nitrogens is 3. The minimum atomic E-state index is 0.870. The molecule has 6 heteroatoms. The van der Waals surface area contributed by atoms with E-state index in [-0.39, 0.29) is 0 Å². The molecule has 0 saturated carbocycles. The molecule has 2 aromatic heterocycles. The highest BCUT2D eigenvalue weighted by Gasteiger charge is 2.05. The molecule has 0 aliphatic carbocycles. The Labute approximate surface area is 106 Å². The van der Waals surface area contributed by atoms with E-state index in [1.54, 1.807) is 15.4 Å². The molecule has 2 heterocycles. The molecule has 0 spiro atoms. The van der Waals surface area contributed by atoms with Crippen LogP contribution >= 0.6 is 30.3 Å². The fourth-order valence-electron chi connectivity index (χ4n) is 1.18. The number of nitrogens with zero attached hydrogens (tertiary/aromatic N) is 3. The third-order valence-electron chi connectivity index (χ3n) is 1.76. The van der Waals surface area contributed by atoms with E-state index in [1.165, 1.54) is 0 Å². The molecule has 4 nitrogen and oxygen atoms in total. The Morgan fingerprint density at radius 2 is 2.13 bits per heavy atom. The van der Waals surface area contributed by atoms with Crippen molar-refractivity contribution in [2.45, 2.75) is 13.8 Å². The number of nitrogens with one attached hydrogen (secondary N) is 1. The Hall–Kier alpha value is -0.500. The van der Waals surface area contributed by atoms with Crippen LogP contribution in [0.5, 0.6) is 0 Å². The maximum Gasteiger partial charge on any atom is 0.156 e. The minimum Gasteiger partial charge on any atom is -0.372 e. The molecule has 0 radical (unpaired) electrons. The number of fused-ring (bicyclic) bond motifs is 1. The van der Waals surface area contributed by atoms with Crippen LogP contribution in [-0.2, 0) is 0 Å². The van der Waals surface area contributed by atoms with Crippen LogP contribution in [0.1, 0.15) is 13.8 Å². The molecule has 0 atom stereocenters. The van der Waals surface area contributed by atoms with Gasteiger partial charge in [-0.2, -0.15) is 0 Å². The summed E-state index contributed by atoms with van der Waals surface area (Å²) in [6.07, 6.45) is 3.55. The lowest BCUT2D eigenvalue weighted by atomic mass is 10.4. The zero-order valence-corrected chi connectivity index (χ0v) is 11.8. The van der Waals surface area contributed by atoms with Gasteiger partial charge in [0.05, 0.1) is 5.39 Å². The maximum absolute atomic E-state index is 4.21. The van der Waals surface area contributed by atoms with Crippen LogP contribution in [0.15, 0.2) is 18.6 Å². The highest BCUT2D eigenvalue weighted by Crippen LogP contribution is 2.26. The van der Waals surface area contributed by atoms with Gasteiger partial charge in [-0.15, -0.1) is 0 Å². The zero-order valence-electron chi connectivity index (χ0n) is 8.86. The average Bonchev–Trinajstić information content (AvgIpc) is 2.74. The van der Waals surface area contributed by atoms with Gasteiger partial charge in [0.15, 0.2) is 5.65 Å². The summed E-state index contributed by atoms with van der Waals surface area (Å²) in [7, 11) is 3.45. The van der Waals surface area contributed by atoms with Gasteiger partial charge in [-0.05, 0) is 6.07 Å². The van der Waals surface area contributed by atoms with Crippen LogP contribution in [0.3, 0.4) is 0 Å².